The lowest BCUT2D eigenvalue weighted by atomic mass is 10.3. The zero-order chi connectivity index (χ0) is 10.3. The van der Waals surface area contributed by atoms with Crippen LogP contribution in [0.3, 0.4) is 0 Å². The van der Waals surface area contributed by atoms with E-state index in [0.29, 0.717) is 6.41 Å². The van der Waals surface area contributed by atoms with E-state index < -0.39 is 12.0 Å². The number of carbonyl (C=O) groups is 3. The summed E-state index contributed by atoms with van der Waals surface area (Å²) in [4.78, 5) is 30.8. The first-order valence-electron chi connectivity index (χ1n) is 3.34. The number of hydrogen-bond acceptors (Lipinski definition) is 4. The van der Waals surface area contributed by atoms with Crippen LogP contribution < -0.4 is 5.32 Å². The van der Waals surface area contributed by atoms with E-state index in [1.54, 1.807) is 0 Å². The Morgan fingerprint density at radius 1 is 1.54 bits per heavy atom. The minimum atomic E-state index is -1.17. The van der Waals surface area contributed by atoms with Crippen LogP contribution in [0, 0.1) is 0 Å². The molecule has 0 saturated carbocycles. The van der Waals surface area contributed by atoms with Gasteiger partial charge in [-0.15, -0.1) is 0 Å². The largest absolute Gasteiger partial charge is 0.479 e. The molecule has 0 aliphatic heterocycles. The molecular formula is C7H9NO4S. The van der Waals surface area contributed by atoms with Crippen molar-refractivity contribution in [3.05, 3.63) is 11.5 Å². The van der Waals surface area contributed by atoms with Crippen LogP contribution in [0.15, 0.2) is 11.5 Å². The van der Waals surface area contributed by atoms with E-state index >= 15 is 0 Å². The number of carbonyl (C=O) groups excluding carboxylic acids is 2. The number of aliphatic carboxylic acids is 1. The van der Waals surface area contributed by atoms with Crippen molar-refractivity contribution in [3.63, 3.8) is 0 Å². The molecule has 0 aromatic heterocycles. The van der Waals surface area contributed by atoms with E-state index in [-0.39, 0.29) is 5.12 Å². The molecule has 0 radical (unpaired) electrons. The molecule has 0 bridgehead atoms. The molecule has 0 fully saturated rings. The molecule has 6 heteroatoms. The Bertz CT molecular complexity index is 239. The summed E-state index contributed by atoms with van der Waals surface area (Å²) in [6.07, 6.45) is 1.52. The topological polar surface area (TPSA) is 83.5 Å². The van der Waals surface area contributed by atoms with Gasteiger partial charge in [-0.3, -0.25) is 9.59 Å². The van der Waals surface area contributed by atoms with E-state index in [4.69, 9.17) is 5.11 Å². The molecule has 0 heterocycles. The fourth-order valence-electron chi connectivity index (χ4n) is 0.496. The van der Waals surface area contributed by atoms with Crippen molar-refractivity contribution >= 4 is 29.3 Å². The Labute approximate surface area is 79.2 Å². The third-order valence-corrected chi connectivity index (χ3v) is 1.64. The van der Waals surface area contributed by atoms with Gasteiger partial charge >= 0.3 is 5.97 Å². The van der Waals surface area contributed by atoms with Crippen molar-refractivity contribution in [1.29, 1.82) is 0 Å². The first-order valence-corrected chi connectivity index (χ1v) is 4.22. The van der Waals surface area contributed by atoms with Crippen LogP contribution in [-0.2, 0) is 14.4 Å². The summed E-state index contributed by atoms with van der Waals surface area (Å²) in [7, 11) is 0. The van der Waals surface area contributed by atoms with E-state index in [1.807, 2.05) is 0 Å². The zero-order valence-corrected chi connectivity index (χ0v) is 7.71. The predicted octanol–water partition coefficient (Wildman–Crippen LogP) is -0.0210. The molecule has 0 saturated heterocycles. The third kappa shape index (κ3) is 5.92. The molecule has 0 spiro atoms. The third-order valence-electron chi connectivity index (χ3n) is 1.02. The van der Waals surface area contributed by atoms with Gasteiger partial charge in [-0.25, -0.2) is 4.79 Å². The fourth-order valence-corrected chi connectivity index (χ4v) is 0.923. The first kappa shape index (κ1) is 11.7. The summed E-state index contributed by atoms with van der Waals surface area (Å²) in [5, 5.41) is 11.8. The quantitative estimate of drug-likeness (QED) is 0.613. The van der Waals surface area contributed by atoms with Gasteiger partial charge in [0.2, 0.25) is 6.41 Å². The van der Waals surface area contributed by atoms with Crippen molar-refractivity contribution < 1.29 is 19.5 Å². The number of amides is 1. The minimum absolute atomic E-state index is 0.147. The fraction of sp³-hybridized carbons (Fsp3) is 0.286. The van der Waals surface area contributed by atoms with Gasteiger partial charge < -0.3 is 10.4 Å². The average molecular weight is 203 g/mol. The lowest BCUT2D eigenvalue weighted by molar-refractivity contribution is -0.139. The summed E-state index contributed by atoms with van der Waals surface area (Å²) in [6.45, 7) is 1.36. The summed E-state index contributed by atoms with van der Waals surface area (Å²) in [5.41, 5.74) is 0. The van der Waals surface area contributed by atoms with Gasteiger partial charge in [-0.05, 0) is 11.5 Å². The minimum Gasteiger partial charge on any atom is -0.479 e. The Kier molecular flexibility index (Phi) is 5.62. The second-order valence-electron chi connectivity index (χ2n) is 2.04. The summed E-state index contributed by atoms with van der Waals surface area (Å²) in [6, 6.07) is -1.08. The Morgan fingerprint density at radius 3 is 2.54 bits per heavy atom. The van der Waals surface area contributed by atoms with Gasteiger partial charge in [-0.2, -0.15) is 0 Å². The van der Waals surface area contributed by atoms with Gasteiger partial charge in [0.05, 0.1) is 0 Å². The van der Waals surface area contributed by atoms with E-state index in [1.165, 1.54) is 18.4 Å². The van der Waals surface area contributed by atoms with Crippen molar-refractivity contribution in [2.45, 2.75) is 13.0 Å². The number of carboxylic acids is 1. The number of carboxylic acid groups (broad SMARTS) is 1. The molecular weight excluding hydrogens is 194 g/mol. The van der Waals surface area contributed by atoms with Crippen LogP contribution in [0.2, 0.25) is 0 Å². The van der Waals surface area contributed by atoms with E-state index in [0.717, 1.165) is 11.8 Å². The first-order chi connectivity index (χ1) is 6.07. The lowest BCUT2D eigenvalue weighted by Gasteiger charge is -2.03. The van der Waals surface area contributed by atoms with Crippen LogP contribution in [0.5, 0.6) is 0 Å². The number of hydrogen-bond donors (Lipinski definition) is 2. The standard InChI is InChI=1S/C7H9NO4S/c1-5(10)13-3-2-6(7(11)12)8-4-9/h2-4,6H,1H3,(H,8,9)(H,11,12). The summed E-state index contributed by atoms with van der Waals surface area (Å²) in [5.74, 6) is -1.17. The molecule has 5 nitrogen and oxygen atoms in total. The van der Waals surface area contributed by atoms with Crippen molar-refractivity contribution in [3.8, 4) is 0 Å². The maximum absolute atomic E-state index is 10.4. The van der Waals surface area contributed by atoms with Crippen LogP contribution in [0.4, 0.5) is 0 Å². The zero-order valence-electron chi connectivity index (χ0n) is 6.89. The van der Waals surface area contributed by atoms with Crippen LogP contribution >= 0.6 is 11.8 Å². The Balaban J connectivity index is 4.08. The van der Waals surface area contributed by atoms with Crippen molar-refractivity contribution in [2.24, 2.45) is 0 Å². The summed E-state index contributed by atoms with van der Waals surface area (Å²) >= 11 is 0.864. The van der Waals surface area contributed by atoms with E-state index in [2.05, 4.69) is 5.32 Å². The Morgan fingerprint density at radius 2 is 2.15 bits per heavy atom. The predicted molar refractivity (Wildman–Crippen MR) is 48.0 cm³/mol. The molecule has 1 unspecified atom stereocenters. The molecule has 2 N–H and O–H groups in total. The second-order valence-corrected chi connectivity index (χ2v) is 3.12. The molecule has 72 valence electrons. The number of nitrogens with one attached hydrogen (secondary N) is 1. The van der Waals surface area contributed by atoms with Gasteiger partial charge in [0.15, 0.2) is 5.12 Å². The SMILES string of the molecule is CC(=O)SC=CC(NC=O)C(=O)O. The average Bonchev–Trinajstić information content (AvgIpc) is 2.02. The summed E-state index contributed by atoms with van der Waals surface area (Å²) < 4.78 is 0. The van der Waals surface area contributed by atoms with Gasteiger partial charge in [0, 0.05) is 6.92 Å². The van der Waals surface area contributed by atoms with Gasteiger partial charge in [0.25, 0.3) is 0 Å². The number of rotatable bonds is 5. The lowest BCUT2D eigenvalue weighted by Crippen LogP contribution is -2.33. The molecule has 0 rings (SSSR count). The number of thioether (sulfide) groups is 1. The molecule has 0 aromatic rings. The maximum atomic E-state index is 10.4. The highest BCUT2D eigenvalue weighted by molar-refractivity contribution is 8.16. The highest BCUT2D eigenvalue weighted by Crippen LogP contribution is 2.03. The molecule has 0 aliphatic carbocycles. The Hall–Kier alpha value is -1.30. The molecule has 1 amide bonds. The highest BCUT2D eigenvalue weighted by atomic mass is 32.2. The highest BCUT2D eigenvalue weighted by Gasteiger charge is 2.11. The van der Waals surface area contributed by atoms with Crippen LogP contribution in [0.25, 0.3) is 0 Å². The molecule has 13 heavy (non-hydrogen) atoms. The van der Waals surface area contributed by atoms with Gasteiger partial charge in [0.1, 0.15) is 6.04 Å². The van der Waals surface area contributed by atoms with E-state index in [9.17, 15) is 14.4 Å². The molecule has 1 atom stereocenters. The monoisotopic (exact) mass is 203 g/mol. The van der Waals surface area contributed by atoms with Crippen LogP contribution in [-0.4, -0.2) is 28.6 Å². The van der Waals surface area contributed by atoms with Gasteiger partial charge in [-0.1, -0.05) is 11.8 Å². The maximum Gasteiger partial charge on any atom is 0.330 e. The van der Waals surface area contributed by atoms with Crippen molar-refractivity contribution in [1.82, 2.24) is 5.32 Å². The second kappa shape index (κ2) is 6.24. The normalized spacial score (nSPS) is 12.4. The molecule has 0 aromatic carbocycles. The van der Waals surface area contributed by atoms with Crippen molar-refractivity contribution in [2.75, 3.05) is 0 Å². The van der Waals surface area contributed by atoms with Crippen LogP contribution in [0.1, 0.15) is 6.92 Å². The smallest absolute Gasteiger partial charge is 0.330 e. The molecule has 0 aliphatic rings.